The minimum absolute atomic E-state index is 0.00282. The molecule has 0 spiro atoms. The summed E-state index contributed by atoms with van der Waals surface area (Å²) < 4.78 is 23.5. The van der Waals surface area contributed by atoms with Crippen LogP contribution in [0.1, 0.15) is 61.1 Å². The van der Waals surface area contributed by atoms with Gasteiger partial charge < -0.3 is 5.32 Å². The molecule has 2 aliphatic rings. The lowest BCUT2D eigenvalue weighted by molar-refractivity contribution is 0.0929. The third-order valence-electron chi connectivity index (χ3n) is 3.95. The molecule has 0 saturated heterocycles. The summed E-state index contributed by atoms with van der Waals surface area (Å²) in [4.78, 5) is 12.1. The second-order valence-corrected chi connectivity index (χ2v) is 8.58. The highest BCUT2D eigenvalue weighted by Gasteiger charge is 2.36. The Balaban J connectivity index is 1.81. The number of aromatic amines is 1. The van der Waals surface area contributed by atoms with Gasteiger partial charge in [-0.1, -0.05) is 12.8 Å². The molecule has 1 unspecified atom stereocenters. The van der Waals surface area contributed by atoms with Crippen LogP contribution in [0.25, 0.3) is 0 Å². The van der Waals surface area contributed by atoms with Gasteiger partial charge in [0.05, 0.1) is 5.69 Å². The number of nitrogens with one attached hydrogen (secondary N) is 2. The van der Waals surface area contributed by atoms with E-state index in [4.69, 9.17) is 10.7 Å². The second-order valence-electron chi connectivity index (χ2n) is 6.08. The number of hydrogen-bond donors (Lipinski definition) is 2. The predicted molar refractivity (Wildman–Crippen MR) is 77.9 cm³/mol. The van der Waals surface area contributed by atoms with Gasteiger partial charge in [-0.2, -0.15) is 5.10 Å². The van der Waals surface area contributed by atoms with Crippen molar-refractivity contribution in [1.29, 1.82) is 0 Å². The molecule has 6 nitrogen and oxygen atoms in total. The minimum Gasteiger partial charge on any atom is -0.348 e. The molecule has 0 aromatic carbocycles. The molecular weight excluding hydrogens is 314 g/mol. The van der Waals surface area contributed by atoms with Crippen LogP contribution in [0.5, 0.6) is 0 Å². The summed E-state index contributed by atoms with van der Waals surface area (Å²) in [5.74, 6) is 0.315. The van der Waals surface area contributed by atoms with Gasteiger partial charge in [0, 0.05) is 22.6 Å². The fourth-order valence-corrected chi connectivity index (χ4v) is 3.91. The molecule has 0 radical (unpaired) electrons. The highest BCUT2D eigenvalue weighted by molar-refractivity contribution is 8.13. The Morgan fingerprint density at radius 1 is 1.43 bits per heavy atom. The van der Waals surface area contributed by atoms with Crippen molar-refractivity contribution in [1.82, 2.24) is 15.5 Å². The standard InChI is InChI=1S/C13H18ClN3O3S/c1-7(6-8-2-3-8)15-13(18)11-12(21(14,19)20)10(16-17-11)9-4-5-9/h7-9H,2-6H2,1H3,(H,15,18)(H,16,17). The van der Waals surface area contributed by atoms with E-state index < -0.39 is 15.0 Å². The Labute approximate surface area is 128 Å². The summed E-state index contributed by atoms with van der Waals surface area (Å²) >= 11 is 0. The van der Waals surface area contributed by atoms with Gasteiger partial charge in [-0.05, 0) is 32.1 Å². The van der Waals surface area contributed by atoms with Crippen molar-refractivity contribution in [3.63, 3.8) is 0 Å². The third kappa shape index (κ3) is 3.40. The highest BCUT2D eigenvalue weighted by atomic mass is 35.7. The molecule has 21 heavy (non-hydrogen) atoms. The minimum atomic E-state index is -4.00. The molecule has 1 aromatic rings. The molecule has 1 atom stereocenters. The zero-order chi connectivity index (χ0) is 15.2. The van der Waals surface area contributed by atoms with E-state index in [1.165, 1.54) is 12.8 Å². The number of H-pyrrole nitrogens is 1. The molecule has 0 bridgehead atoms. The molecule has 2 fully saturated rings. The molecule has 116 valence electrons. The average Bonchev–Trinajstić information content (AvgIpc) is 3.28. The summed E-state index contributed by atoms with van der Waals surface area (Å²) in [5.41, 5.74) is 0.347. The first-order valence-electron chi connectivity index (χ1n) is 7.20. The van der Waals surface area contributed by atoms with E-state index >= 15 is 0 Å². The van der Waals surface area contributed by atoms with Gasteiger partial charge in [-0.3, -0.25) is 9.89 Å². The van der Waals surface area contributed by atoms with Gasteiger partial charge >= 0.3 is 0 Å². The third-order valence-corrected chi connectivity index (χ3v) is 5.32. The first-order chi connectivity index (χ1) is 9.86. The number of hydrogen-bond acceptors (Lipinski definition) is 4. The van der Waals surface area contributed by atoms with Crippen LogP contribution in [0.2, 0.25) is 0 Å². The molecule has 3 rings (SSSR count). The van der Waals surface area contributed by atoms with Gasteiger partial charge in [0.15, 0.2) is 5.69 Å². The Hall–Kier alpha value is -1.08. The maximum absolute atomic E-state index is 12.3. The summed E-state index contributed by atoms with van der Waals surface area (Å²) in [7, 11) is 1.49. The van der Waals surface area contributed by atoms with Crippen LogP contribution in [0.4, 0.5) is 0 Å². The summed E-state index contributed by atoms with van der Waals surface area (Å²) in [5, 5.41) is 9.37. The monoisotopic (exact) mass is 331 g/mol. The molecule has 1 aromatic heterocycles. The van der Waals surface area contributed by atoms with E-state index in [2.05, 4.69) is 15.5 Å². The van der Waals surface area contributed by atoms with E-state index in [1.807, 2.05) is 6.92 Å². The van der Waals surface area contributed by atoms with E-state index in [-0.39, 0.29) is 22.5 Å². The Morgan fingerprint density at radius 3 is 2.62 bits per heavy atom. The van der Waals surface area contributed by atoms with Crippen molar-refractivity contribution in [3.8, 4) is 0 Å². The SMILES string of the molecule is CC(CC1CC1)NC(=O)c1n[nH]c(C2CC2)c1S(=O)(=O)Cl. The quantitative estimate of drug-likeness (QED) is 0.781. The number of amides is 1. The summed E-state index contributed by atoms with van der Waals surface area (Å²) in [6.45, 7) is 1.92. The molecule has 1 amide bonds. The Morgan fingerprint density at radius 2 is 2.10 bits per heavy atom. The lowest BCUT2D eigenvalue weighted by atomic mass is 10.1. The van der Waals surface area contributed by atoms with Crippen LogP contribution in [-0.2, 0) is 9.05 Å². The van der Waals surface area contributed by atoms with Gasteiger partial charge in [0.1, 0.15) is 4.90 Å². The fraction of sp³-hybridized carbons (Fsp3) is 0.692. The maximum Gasteiger partial charge on any atom is 0.273 e. The first kappa shape index (κ1) is 14.8. The van der Waals surface area contributed by atoms with Crippen molar-refractivity contribution < 1.29 is 13.2 Å². The van der Waals surface area contributed by atoms with Gasteiger partial charge in [0.2, 0.25) is 0 Å². The fourth-order valence-electron chi connectivity index (χ4n) is 2.60. The van der Waals surface area contributed by atoms with Crippen molar-refractivity contribution in [2.24, 2.45) is 5.92 Å². The molecule has 0 aliphatic heterocycles. The van der Waals surface area contributed by atoms with E-state index in [1.54, 1.807) is 0 Å². The van der Waals surface area contributed by atoms with Crippen LogP contribution in [0, 0.1) is 5.92 Å². The molecule has 1 heterocycles. The summed E-state index contributed by atoms with van der Waals surface area (Å²) in [6, 6.07) is -0.00282. The smallest absolute Gasteiger partial charge is 0.273 e. The number of aromatic nitrogens is 2. The number of nitrogens with zero attached hydrogens (tertiary/aromatic N) is 1. The molecular formula is C13H18ClN3O3S. The number of halogens is 1. The van der Waals surface area contributed by atoms with E-state index in [0.717, 1.165) is 19.3 Å². The Kier molecular flexibility index (Phi) is 3.73. The van der Waals surface area contributed by atoms with Crippen LogP contribution >= 0.6 is 10.7 Å². The average molecular weight is 332 g/mol. The number of rotatable bonds is 6. The lowest BCUT2D eigenvalue weighted by Crippen LogP contribution is -2.33. The van der Waals surface area contributed by atoms with Crippen LogP contribution in [-0.4, -0.2) is 30.6 Å². The van der Waals surface area contributed by atoms with E-state index in [0.29, 0.717) is 11.6 Å². The van der Waals surface area contributed by atoms with Crippen molar-refractivity contribution in [3.05, 3.63) is 11.4 Å². The van der Waals surface area contributed by atoms with Gasteiger partial charge in [0.25, 0.3) is 15.0 Å². The molecule has 2 aliphatic carbocycles. The zero-order valence-corrected chi connectivity index (χ0v) is 13.3. The molecule has 8 heteroatoms. The van der Waals surface area contributed by atoms with Crippen LogP contribution in [0.3, 0.4) is 0 Å². The molecule has 2 N–H and O–H groups in total. The molecule has 2 saturated carbocycles. The first-order valence-corrected chi connectivity index (χ1v) is 9.51. The van der Waals surface area contributed by atoms with Crippen molar-refractivity contribution in [2.75, 3.05) is 0 Å². The topological polar surface area (TPSA) is 91.9 Å². The zero-order valence-electron chi connectivity index (χ0n) is 11.7. The van der Waals surface area contributed by atoms with Crippen molar-refractivity contribution in [2.45, 2.75) is 55.9 Å². The maximum atomic E-state index is 12.3. The van der Waals surface area contributed by atoms with Gasteiger partial charge in [-0.15, -0.1) is 0 Å². The lowest BCUT2D eigenvalue weighted by Gasteiger charge is -2.12. The van der Waals surface area contributed by atoms with Crippen LogP contribution in [0.15, 0.2) is 4.90 Å². The van der Waals surface area contributed by atoms with Gasteiger partial charge in [-0.25, -0.2) is 8.42 Å². The second kappa shape index (κ2) is 5.28. The van der Waals surface area contributed by atoms with E-state index in [9.17, 15) is 13.2 Å². The normalized spacial score (nSPS) is 20.3. The van der Waals surface area contributed by atoms with Crippen LogP contribution < -0.4 is 5.32 Å². The number of carbonyl (C=O) groups is 1. The summed E-state index contributed by atoms with van der Waals surface area (Å²) in [6.07, 6.45) is 5.10. The predicted octanol–water partition coefficient (Wildman–Crippen LogP) is 2.13. The van der Waals surface area contributed by atoms with Crippen molar-refractivity contribution >= 4 is 25.6 Å². The Bertz CT molecular complexity index is 662. The number of carbonyl (C=O) groups excluding carboxylic acids is 1. The highest BCUT2D eigenvalue weighted by Crippen LogP contribution is 2.43. The largest absolute Gasteiger partial charge is 0.348 e.